The molecule has 0 atom stereocenters. The lowest BCUT2D eigenvalue weighted by atomic mass is 10.1. The Labute approximate surface area is 162 Å². The molecular formula is C19H19Cl2N3O2. The number of carbonyl (C=O) groups excluding carboxylic acids is 1. The molecule has 0 aliphatic rings. The predicted molar refractivity (Wildman–Crippen MR) is 107 cm³/mol. The highest BCUT2D eigenvalue weighted by molar-refractivity contribution is 6.31. The molecular weight excluding hydrogens is 373 g/mol. The van der Waals surface area contributed by atoms with Gasteiger partial charge in [0.2, 0.25) is 5.43 Å². The average Bonchev–Trinajstić information content (AvgIpc) is 2.61. The maximum absolute atomic E-state index is 12.5. The second-order valence-electron chi connectivity index (χ2n) is 5.75. The smallest absolute Gasteiger partial charge is 0.257 e. The van der Waals surface area contributed by atoms with Crippen LogP contribution in [0.3, 0.4) is 0 Å². The average molecular weight is 392 g/mol. The summed E-state index contributed by atoms with van der Waals surface area (Å²) in [5.41, 5.74) is 2.52. The summed E-state index contributed by atoms with van der Waals surface area (Å²) in [7, 11) is 1.89. The summed E-state index contributed by atoms with van der Waals surface area (Å²) in [4.78, 5) is 27.8. The SMILES string of the molecule is CNCc1ccc(CNC(=O)c2c[nH]c3cc(Cl)ccc3c2=O)cc1.Cl. The molecule has 0 unspecified atom stereocenters. The molecule has 136 valence electrons. The van der Waals surface area contributed by atoms with Gasteiger partial charge in [-0.25, -0.2) is 0 Å². The van der Waals surface area contributed by atoms with Crippen molar-refractivity contribution < 1.29 is 4.79 Å². The lowest BCUT2D eigenvalue weighted by molar-refractivity contribution is 0.0949. The van der Waals surface area contributed by atoms with E-state index in [1.807, 2.05) is 31.3 Å². The van der Waals surface area contributed by atoms with Crippen molar-refractivity contribution in [3.05, 3.63) is 80.6 Å². The number of amides is 1. The van der Waals surface area contributed by atoms with Gasteiger partial charge in [0.05, 0.1) is 5.52 Å². The van der Waals surface area contributed by atoms with E-state index in [2.05, 4.69) is 15.6 Å². The lowest BCUT2D eigenvalue weighted by Crippen LogP contribution is -2.28. The van der Waals surface area contributed by atoms with Crippen molar-refractivity contribution >= 4 is 40.8 Å². The van der Waals surface area contributed by atoms with E-state index in [1.165, 1.54) is 11.8 Å². The summed E-state index contributed by atoms with van der Waals surface area (Å²) in [6.45, 7) is 1.15. The number of H-pyrrole nitrogens is 1. The van der Waals surface area contributed by atoms with Gasteiger partial charge in [0.25, 0.3) is 5.91 Å². The van der Waals surface area contributed by atoms with Gasteiger partial charge < -0.3 is 15.6 Å². The second-order valence-corrected chi connectivity index (χ2v) is 6.19. The van der Waals surface area contributed by atoms with Gasteiger partial charge in [0.1, 0.15) is 5.56 Å². The summed E-state index contributed by atoms with van der Waals surface area (Å²) in [5.74, 6) is -0.405. The Hall–Kier alpha value is -2.34. The van der Waals surface area contributed by atoms with Crippen LogP contribution in [0.15, 0.2) is 53.5 Å². The van der Waals surface area contributed by atoms with E-state index in [4.69, 9.17) is 11.6 Å². The number of aromatic amines is 1. The first kappa shape index (κ1) is 20.0. The zero-order valence-corrected chi connectivity index (χ0v) is 15.7. The predicted octanol–water partition coefficient (Wildman–Crippen LogP) is 3.25. The van der Waals surface area contributed by atoms with Crippen LogP contribution in [-0.2, 0) is 13.1 Å². The summed E-state index contributed by atoms with van der Waals surface area (Å²) < 4.78 is 0. The highest BCUT2D eigenvalue weighted by Gasteiger charge is 2.13. The molecule has 0 bridgehead atoms. The van der Waals surface area contributed by atoms with Gasteiger partial charge in [-0.1, -0.05) is 35.9 Å². The molecule has 3 rings (SSSR count). The number of halogens is 2. The van der Waals surface area contributed by atoms with Gasteiger partial charge in [-0.05, 0) is 36.4 Å². The fraction of sp³-hybridized carbons (Fsp3) is 0.158. The van der Waals surface area contributed by atoms with Crippen LogP contribution >= 0.6 is 24.0 Å². The number of carbonyl (C=O) groups is 1. The minimum atomic E-state index is -0.405. The van der Waals surface area contributed by atoms with Gasteiger partial charge in [-0.2, -0.15) is 0 Å². The number of aromatic nitrogens is 1. The molecule has 3 N–H and O–H groups in total. The van der Waals surface area contributed by atoms with Gasteiger partial charge in [-0.3, -0.25) is 9.59 Å². The normalized spacial score (nSPS) is 10.4. The van der Waals surface area contributed by atoms with E-state index in [0.29, 0.717) is 22.5 Å². The maximum Gasteiger partial charge on any atom is 0.257 e. The van der Waals surface area contributed by atoms with Crippen molar-refractivity contribution in [3.63, 3.8) is 0 Å². The Balaban J connectivity index is 0.00000243. The van der Waals surface area contributed by atoms with E-state index < -0.39 is 5.91 Å². The van der Waals surface area contributed by atoms with Crippen LogP contribution in [-0.4, -0.2) is 17.9 Å². The first-order chi connectivity index (χ1) is 12.1. The quantitative estimate of drug-likeness (QED) is 0.624. The van der Waals surface area contributed by atoms with Gasteiger partial charge in [-0.15, -0.1) is 12.4 Å². The zero-order valence-electron chi connectivity index (χ0n) is 14.1. The third-order valence-corrected chi connectivity index (χ3v) is 4.18. The lowest BCUT2D eigenvalue weighted by Gasteiger charge is -2.07. The number of benzene rings is 2. The molecule has 5 nitrogen and oxygen atoms in total. The Morgan fingerprint density at radius 3 is 2.38 bits per heavy atom. The highest BCUT2D eigenvalue weighted by atomic mass is 35.5. The van der Waals surface area contributed by atoms with Gasteiger partial charge >= 0.3 is 0 Å². The molecule has 0 spiro atoms. The Kier molecular flexibility index (Phi) is 6.80. The van der Waals surface area contributed by atoms with Crippen LogP contribution in [0.4, 0.5) is 0 Å². The van der Waals surface area contributed by atoms with Crippen molar-refractivity contribution in [1.82, 2.24) is 15.6 Å². The van der Waals surface area contributed by atoms with E-state index >= 15 is 0 Å². The summed E-state index contributed by atoms with van der Waals surface area (Å²) >= 11 is 5.92. The molecule has 0 aliphatic carbocycles. The molecule has 0 fully saturated rings. The maximum atomic E-state index is 12.5. The largest absolute Gasteiger partial charge is 0.360 e. The molecule has 1 amide bonds. The van der Waals surface area contributed by atoms with Crippen molar-refractivity contribution in [2.24, 2.45) is 0 Å². The molecule has 7 heteroatoms. The van der Waals surface area contributed by atoms with E-state index in [9.17, 15) is 9.59 Å². The van der Waals surface area contributed by atoms with Crippen molar-refractivity contribution in [1.29, 1.82) is 0 Å². The first-order valence-electron chi connectivity index (χ1n) is 7.90. The fourth-order valence-electron chi connectivity index (χ4n) is 2.62. The monoisotopic (exact) mass is 391 g/mol. The molecule has 2 aromatic carbocycles. The van der Waals surface area contributed by atoms with Crippen LogP contribution in [0.25, 0.3) is 10.9 Å². The van der Waals surface area contributed by atoms with Crippen molar-refractivity contribution in [2.45, 2.75) is 13.1 Å². The van der Waals surface area contributed by atoms with E-state index in [-0.39, 0.29) is 23.4 Å². The number of hydrogen-bond acceptors (Lipinski definition) is 3. The fourth-order valence-corrected chi connectivity index (χ4v) is 2.79. The Morgan fingerprint density at radius 2 is 1.73 bits per heavy atom. The zero-order chi connectivity index (χ0) is 17.8. The molecule has 0 radical (unpaired) electrons. The topological polar surface area (TPSA) is 74.0 Å². The number of fused-ring (bicyclic) bond motifs is 1. The van der Waals surface area contributed by atoms with Crippen LogP contribution in [0.1, 0.15) is 21.5 Å². The number of hydrogen-bond donors (Lipinski definition) is 3. The molecule has 0 aliphatic heterocycles. The van der Waals surface area contributed by atoms with Crippen LogP contribution < -0.4 is 16.1 Å². The van der Waals surface area contributed by atoms with Gasteiger partial charge in [0.15, 0.2) is 0 Å². The minimum absolute atomic E-state index is 0. The number of rotatable bonds is 5. The highest BCUT2D eigenvalue weighted by Crippen LogP contribution is 2.15. The Morgan fingerprint density at radius 1 is 1.08 bits per heavy atom. The second kappa shape index (κ2) is 8.85. The summed E-state index contributed by atoms with van der Waals surface area (Å²) in [5, 5.41) is 6.83. The number of pyridine rings is 1. The third-order valence-electron chi connectivity index (χ3n) is 3.94. The van der Waals surface area contributed by atoms with Crippen LogP contribution in [0, 0.1) is 0 Å². The molecule has 3 aromatic rings. The molecule has 1 heterocycles. The third kappa shape index (κ3) is 4.43. The first-order valence-corrected chi connectivity index (χ1v) is 8.28. The van der Waals surface area contributed by atoms with E-state index in [0.717, 1.165) is 12.1 Å². The summed E-state index contributed by atoms with van der Waals surface area (Å²) in [6.07, 6.45) is 1.42. The van der Waals surface area contributed by atoms with Crippen molar-refractivity contribution in [3.8, 4) is 0 Å². The molecule has 1 aromatic heterocycles. The van der Waals surface area contributed by atoms with Gasteiger partial charge in [0, 0.05) is 29.7 Å². The molecule has 26 heavy (non-hydrogen) atoms. The molecule has 0 saturated carbocycles. The Bertz CT molecular complexity index is 969. The standard InChI is InChI=1S/C19H18ClN3O2.ClH/c1-21-9-12-2-4-13(5-3-12)10-23-19(25)16-11-22-17-8-14(20)6-7-15(17)18(16)24;/h2-8,11,21H,9-10H2,1H3,(H,22,24)(H,23,25);1H. The molecule has 0 saturated heterocycles. The minimum Gasteiger partial charge on any atom is -0.360 e. The van der Waals surface area contributed by atoms with Crippen LogP contribution in [0.2, 0.25) is 5.02 Å². The number of nitrogens with one attached hydrogen (secondary N) is 3. The van der Waals surface area contributed by atoms with Crippen molar-refractivity contribution in [2.75, 3.05) is 7.05 Å². The van der Waals surface area contributed by atoms with E-state index in [1.54, 1.807) is 18.2 Å². The summed E-state index contributed by atoms with van der Waals surface area (Å²) in [6, 6.07) is 12.8. The van der Waals surface area contributed by atoms with Crippen LogP contribution in [0.5, 0.6) is 0 Å².